The quantitative estimate of drug-likeness (QED) is 0.817. The Hall–Kier alpha value is -1.08. The molecule has 1 unspecified atom stereocenters. The summed E-state index contributed by atoms with van der Waals surface area (Å²) in [6, 6.07) is 0. The number of hydrogen-bond acceptors (Lipinski definition) is 5. The Balaban J connectivity index is 2.26. The molecule has 5 nitrogen and oxygen atoms in total. The van der Waals surface area contributed by atoms with Crippen LogP contribution in [-0.2, 0) is 4.79 Å². The monoisotopic (exact) mass is 272 g/mol. The van der Waals surface area contributed by atoms with Crippen LogP contribution >= 0.6 is 24.0 Å². The fourth-order valence-corrected chi connectivity index (χ4v) is 2.96. The number of anilines is 1. The predicted molar refractivity (Wildman–Crippen MR) is 68.1 cm³/mol. The number of aryl methyl sites for hydroxylation is 1. The highest BCUT2D eigenvalue weighted by atomic mass is 32.1. The molecule has 0 bridgehead atoms. The molecule has 1 aliphatic heterocycles. The molecule has 17 heavy (non-hydrogen) atoms. The molecule has 1 N–H and O–H groups in total. The van der Waals surface area contributed by atoms with Crippen LogP contribution in [0.4, 0.5) is 5.13 Å². The minimum absolute atomic E-state index is 0.00487. The summed E-state index contributed by atoms with van der Waals surface area (Å²) in [5.74, 6) is -0.125. The number of carboxylic acids is 1. The van der Waals surface area contributed by atoms with Crippen molar-refractivity contribution in [3.63, 3.8) is 0 Å². The summed E-state index contributed by atoms with van der Waals surface area (Å²) in [7, 11) is 0. The van der Waals surface area contributed by atoms with Gasteiger partial charge in [0.05, 0.1) is 5.69 Å². The molecule has 0 spiro atoms. The van der Waals surface area contributed by atoms with Crippen LogP contribution < -0.4 is 4.90 Å². The summed E-state index contributed by atoms with van der Waals surface area (Å²) < 4.78 is 0. The zero-order valence-corrected chi connectivity index (χ0v) is 10.9. The lowest BCUT2D eigenvalue weighted by molar-refractivity contribution is -0.117. The van der Waals surface area contributed by atoms with Crippen molar-refractivity contribution in [1.29, 1.82) is 0 Å². The lowest BCUT2D eigenvalue weighted by Gasteiger charge is -2.11. The first kappa shape index (κ1) is 12.4. The average molecular weight is 272 g/mol. The number of hydrogen-bond donors (Lipinski definition) is 2. The van der Waals surface area contributed by atoms with Crippen LogP contribution in [0.25, 0.3) is 0 Å². The van der Waals surface area contributed by atoms with Crippen LogP contribution in [0.5, 0.6) is 0 Å². The van der Waals surface area contributed by atoms with Crippen molar-refractivity contribution in [2.24, 2.45) is 5.92 Å². The zero-order chi connectivity index (χ0) is 12.6. The number of carbonyl (C=O) groups is 2. The Bertz CT molecular complexity index is 472. The Morgan fingerprint density at radius 2 is 2.41 bits per heavy atom. The van der Waals surface area contributed by atoms with Crippen molar-refractivity contribution in [3.8, 4) is 0 Å². The second-order valence-corrected chi connectivity index (χ2v) is 5.32. The van der Waals surface area contributed by atoms with Gasteiger partial charge in [-0.1, -0.05) is 11.3 Å². The zero-order valence-electron chi connectivity index (χ0n) is 9.21. The van der Waals surface area contributed by atoms with Crippen molar-refractivity contribution in [1.82, 2.24) is 4.98 Å². The topological polar surface area (TPSA) is 70.5 Å². The first-order chi connectivity index (χ1) is 8.02. The molecule has 7 heteroatoms. The van der Waals surface area contributed by atoms with Crippen LogP contribution in [0, 0.1) is 12.8 Å². The number of thiazole rings is 1. The standard InChI is InChI=1S/C10H12N2O3S2/c1-5-8(9(14)15)17-10(11-5)12-3-6(4-16)2-7(12)13/h6,16H,2-4H2,1H3,(H,14,15). The molecule has 1 atom stereocenters. The molecule has 0 radical (unpaired) electrons. The molecule has 0 aliphatic carbocycles. The number of aromatic nitrogens is 1. The maximum absolute atomic E-state index is 11.7. The van der Waals surface area contributed by atoms with E-state index in [9.17, 15) is 9.59 Å². The maximum atomic E-state index is 11.7. The molecule has 1 aromatic rings. The fraction of sp³-hybridized carbons (Fsp3) is 0.500. The van der Waals surface area contributed by atoms with E-state index in [1.54, 1.807) is 11.8 Å². The first-order valence-electron chi connectivity index (χ1n) is 5.15. The molecule has 1 saturated heterocycles. The van der Waals surface area contributed by atoms with Crippen LogP contribution in [-0.4, -0.2) is 34.3 Å². The van der Waals surface area contributed by atoms with Gasteiger partial charge in [0.2, 0.25) is 5.91 Å². The summed E-state index contributed by atoms with van der Waals surface area (Å²) in [6.45, 7) is 2.22. The number of rotatable bonds is 3. The van der Waals surface area contributed by atoms with E-state index in [0.29, 0.717) is 29.5 Å². The molecular formula is C10H12N2O3S2. The van der Waals surface area contributed by atoms with E-state index in [-0.39, 0.29) is 16.7 Å². The number of amides is 1. The Labute approximate surface area is 108 Å². The van der Waals surface area contributed by atoms with E-state index in [4.69, 9.17) is 5.11 Å². The molecule has 92 valence electrons. The molecule has 1 fully saturated rings. The average Bonchev–Trinajstić information content (AvgIpc) is 2.81. The minimum Gasteiger partial charge on any atom is -0.477 e. The molecule has 0 aromatic carbocycles. The van der Waals surface area contributed by atoms with Crippen molar-refractivity contribution < 1.29 is 14.7 Å². The summed E-state index contributed by atoms with van der Waals surface area (Å²) in [5.41, 5.74) is 0.458. The van der Waals surface area contributed by atoms with Gasteiger partial charge in [0.1, 0.15) is 4.88 Å². The van der Waals surface area contributed by atoms with Crippen LogP contribution in [0.2, 0.25) is 0 Å². The van der Waals surface area contributed by atoms with Gasteiger partial charge in [-0.25, -0.2) is 9.78 Å². The number of aromatic carboxylic acids is 1. The summed E-state index contributed by atoms with van der Waals surface area (Å²) in [5, 5.41) is 9.42. The van der Waals surface area contributed by atoms with Gasteiger partial charge in [0.25, 0.3) is 0 Å². The molecule has 2 heterocycles. The Kier molecular flexibility index (Phi) is 3.39. The van der Waals surface area contributed by atoms with Gasteiger partial charge in [-0.3, -0.25) is 9.69 Å². The van der Waals surface area contributed by atoms with Crippen molar-refractivity contribution in [2.75, 3.05) is 17.2 Å². The van der Waals surface area contributed by atoms with Gasteiger partial charge < -0.3 is 5.11 Å². The molecule has 1 aliphatic rings. The predicted octanol–water partition coefficient (Wildman–Crippen LogP) is 1.43. The van der Waals surface area contributed by atoms with E-state index in [0.717, 1.165) is 11.3 Å². The van der Waals surface area contributed by atoms with Crippen molar-refractivity contribution in [3.05, 3.63) is 10.6 Å². The summed E-state index contributed by atoms with van der Waals surface area (Å²) in [6.07, 6.45) is 0.463. The third kappa shape index (κ3) is 2.30. The normalized spacial score (nSPS) is 20.0. The first-order valence-corrected chi connectivity index (χ1v) is 6.59. The van der Waals surface area contributed by atoms with Gasteiger partial charge in [-0.15, -0.1) is 0 Å². The van der Waals surface area contributed by atoms with Crippen molar-refractivity contribution in [2.45, 2.75) is 13.3 Å². The maximum Gasteiger partial charge on any atom is 0.347 e. The van der Waals surface area contributed by atoms with Crippen LogP contribution in [0.15, 0.2) is 0 Å². The van der Waals surface area contributed by atoms with E-state index >= 15 is 0 Å². The number of carboxylic acid groups (broad SMARTS) is 1. The molecule has 1 aromatic heterocycles. The number of thiol groups is 1. The van der Waals surface area contributed by atoms with E-state index in [2.05, 4.69) is 17.6 Å². The second kappa shape index (κ2) is 4.66. The van der Waals surface area contributed by atoms with E-state index in [1.807, 2.05) is 0 Å². The van der Waals surface area contributed by atoms with Crippen molar-refractivity contribution >= 4 is 41.0 Å². The summed E-state index contributed by atoms with van der Waals surface area (Å²) >= 11 is 5.23. The molecular weight excluding hydrogens is 260 g/mol. The van der Waals surface area contributed by atoms with Gasteiger partial charge in [0, 0.05) is 13.0 Å². The Morgan fingerprint density at radius 3 is 2.88 bits per heavy atom. The largest absolute Gasteiger partial charge is 0.477 e. The number of carbonyl (C=O) groups excluding carboxylic acids is 1. The van der Waals surface area contributed by atoms with Gasteiger partial charge >= 0.3 is 5.97 Å². The SMILES string of the molecule is Cc1nc(N2CC(CS)CC2=O)sc1C(=O)O. The lowest BCUT2D eigenvalue weighted by atomic mass is 10.1. The Morgan fingerprint density at radius 1 is 1.71 bits per heavy atom. The molecule has 2 rings (SSSR count). The molecule has 1 amide bonds. The van der Waals surface area contributed by atoms with Gasteiger partial charge in [0.15, 0.2) is 5.13 Å². The molecule has 0 saturated carbocycles. The van der Waals surface area contributed by atoms with E-state index < -0.39 is 5.97 Å². The third-order valence-electron chi connectivity index (χ3n) is 2.67. The highest BCUT2D eigenvalue weighted by Gasteiger charge is 2.32. The summed E-state index contributed by atoms with van der Waals surface area (Å²) in [4.78, 5) is 28.6. The van der Waals surface area contributed by atoms with Crippen LogP contribution in [0.3, 0.4) is 0 Å². The smallest absolute Gasteiger partial charge is 0.347 e. The van der Waals surface area contributed by atoms with Crippen LogP contribution in [0.1, 0.15) is 21.8 Å². The third-order valence-corrected chi connectivity index (χ3v) is 4.36. The lowest BCUT2D eigenvalue weighted by Crippen LogP contribution is -2.24. The highest BCUT2D eigenvalue weighted by Crippen LogP contribution is 2.31. The van der Waals surface area contributed by atoms with Gasteiger partial charge in [-0.05, 0) is 18.6 Å². The minimum atomic E-state index is -0.997. The number of nitrogens with zero attached hydrogens (tertiary/aromatic N) is 2. The van der Waals surface area contributed by atoms with E-state index in [1.165, 1.54) is 0 Å². The van der Waals surface area contributed by atoms with Gasteiger partial charge in [-0.2, -0.15) is 12.6 Å². The highest BCUT2D eigenvalue weighted by molar-refractivity contribution is 7.80. The second-order valence-electron chi connectivity index (χ2n) is 3.97. The fourth-order valence-electron chi connectivity index (χ4n) is 1.78.